The summed E-state index contributed by atoms with van der Waals surface area (Å²) in [6.07, 6.45) is 8.02. The Morgan fingerprint density at radius 1 is 1.24 bits per heavy atom. The third kappa shape index (κ3) is 5.33. The van der Waals surface area contributed by atoms with Crippen LogP contribution >= 0.6 is 11.8 Å². The molecule has 2 N–H and O–H groups in total. The molecular formula is C35H39F2N5O3S. The molecule has 2 bridgehead atoms. The minimum absolute atomic E-state index is 0.0402. The fourth-order valence-corrected chi connectivity index (χ4v) is 8.36. The molecule has 2 atom stereocenters. The van der Waals surface area contributed by atoms with Gasteiger partial charge in [0, 0.05) is 58.2 Å². The highest BCUT2D eigenvalue weighted by atomic mass is 32.2. The Balaban J connectivity index is 1.30. The predicted molar refractivity (Wildman–Crippen MR) is 174 cm³/mol. The maximum Gasteiger partial charge on any atom is 0.317 e. The number of ether oxygens (including phenoxy) is 3. The number of nitrogens with zero attached hydrogens (tertiary/aromatic N) is 4. The van der Waals surface area contributed by atoms with Crippen LogP contribution in [0.3, 0.4) is 0 Å². The second kappa shape index (κ2) is 12.4. The van der Waals surface area contributed by atoms with E-state index in [0.29, 0.717) is 52.9 Å². The number of hydrogen-bond donors (Lipinski definition) is 1. The number of aromatic nitrogens is 2. The lowest BCUT2D eigenvalue weighted by Gasteiger charge is -2.37. The summed E-state index contributed by atoms with van der Waals surface area (Å²) in [5.41, 5.74) is 10.3. The summed E-state index contributed by atoms with van der Waals surface area (Å²) < 4.78 is 50.4. The van der Waals surface area contributed by atoms with Crippen LogP contribution in [-0.4, -0.2) is 59.1 Å². The zero-order valence-electron chi connectivity index (χ0n) is 26.5. The number of halogens is 2. The van der Waals surface area contributed by atoms with Gasteiger partial charge in [-0.25, -0.2) is 13.8 Å². The van der Waals surface area contributed by atoms with Crippen LogP contribution in [0.2, 0.25) is 0 Å². The van der Waals surface area contributed by atoms with Gasteiger partial charge in [0.1, 0.15) is 17.4 Å². The van der Waals surface area contributed by atoms with Crippen molar-refractivity contribution in [2.24, 2.45) is 11.1 Å². The van der Waals surface area contributed by atoms with Crippen LogP contribution in [0.1, 0.15) is 69.6 Å². The Morgan fingerprint density at radius 2 is 1.98 bits per heavy atom. The van der Waals surface area contributed by atoms with Gasteiger partial charge in [-0.3, -0.25) is 4.90 Å². The quantitative estimate of drug-likeness (QED) is 0.322. The van der Waals surface area contributed by atoms with Crippen LogP contribution in [0.15, 0.2) is 45.4 Å². The molecule has 7 rings (SSSR count). The number of hydrogen-bond acceptors (Lipinski definition) is 9. The second-order valence-electron chi connectivity index (χ2n) is 13.1. The highest BCUT2D eigenvalue weighted by Gasteiger charge is 2.49. The topological polar surface area (TPSA) is 107 Å². The average Bonchev–Trinajstić information content (AvgIpc) is 3.61. The van der Waals surface area contributed by atoms with E-state index in [1.807, 2.05) is 13.8 Å². The molecule has 2 saturated heterocycles. The van der Waals surface area contributed by atoms with E-state index in [4.69, 9.17) is 19.9 Å². The lowest BCUT2D eigenvalue weighted by molar-refractivity contribution is -0.0271. The van der Waals surface area contributed by atoms with Crippen LogP contribution in [0, 0.1) is 22.6 Å². The van der Waals surface area contributed by atoms with Crippen molar-refractivity contribution in [1.29, 1.82) is 5.26 Å². The molecule has 4 aliphatic heterocycles. The maximum absolute atomic E-state index is 17.1. The van der Waals surface area contributed by atoms with E-state index < -0.39 is 11.6 Å². The van der Waals surface area contributed by atoms with Gasteiger partial charge in [-0.15, -0.1) is 11.8 Å². The van der Waals surface area contributed by atoms with E-state index in [2.05, 4.69) is 20.9 Å². The van der Waals surface area contributed by atoms with Gasteiger partial charge in [-0.2, -0.15) is 10.2 Å². The standard InChI is InChI=1S/C35H39F2N5O3S/c1-4-19(3)28(30-22(10-38)27(39)16-46-33(30)26(36)5-2)29-25-15-44-14-24(25)23-11-40-34(41-32(23)31(29)37)45-18-35(8-9-35)17-42-20-6-7-21(42)13-43-12-20/h5,11,20-21H,4,6-9,12-18,39H2,1-3H3/b26-5+,28-19?. The first-order valence-electron chi connectivity index (χ1n) is 16.1. The van der Waals surface area contributed by atoms with Gasteiger partial charge in [0.25, 0.3) is 0 Å². The fourth-order valence-electron chi connectivity index (χ4n) is 7.31. The first-order valence-corrected chi connectivity index (χ1v) is 17.1. The Bertz CT molecular complexity index is 1760. The number of fused-ring (bicyclic) bond motifs is 5. The molecule has 3 fully saturated rings. The van der Waals surface area contributed by atoms with Crippen molar-refractivity contribution in [3.05, 3.63) is 67.9 Å². The Labute approximate surface area is 272 Å². The molecule has 0 amide bonds. The average molecular weight is 648 g/mol. The second-order valence-corrected chi connectivity index (χ2v) is 14.1. The summed E-state index contributed by atoms with van der Waals surface area (Å²) in [5.74, 6) is -0.780. The molecule has 0 spiro atoms. The molecule has 8 nitrogen and oxygen atoms in total. The first kappa shape index (κ1) is 31.3. The van der Waals surface area contributed by atoms with Gasteiger partial charge >= 0.3 is 6.01 Å². The largest absolute Gasteiger partial charge is 0.463 e. The third-order valence-corrected chi connectivity index (χ3v) is 11.4. The van der Waals surface area contributed by atoms with Gasteiger partial charge in [-0.1, -0.05) is 18.6 Å². The van der Waals surface area contributed by atoms with Gasteiger partial charge in [0.2, 0.25) is 0 Å². The number of nitriles is 1. The highest BCUT2D eigenvalue weighted by Crippen LogP contribution is 2.50. The molecule has 2 aromatic rings. The molecule has 242 valence electrons. The zero-order chi connectivity index (χ0) is 32.2. The van der Waals surface area contributed by atoms with E-state index >= 15 is 8.78 Å². The van der Waals surface area contributed by atoms with Crippen molar-refractivity contribution in [3.8, 4) is 12.1 Å². The number of allylic oxidation sites excluding steroid dienone is 6. The van der Waals surface area contributed by atoms with E-state index in [0.717, 1.165) is 43.7 Å². The Kier molecular flexibility index (Phi) is 8.42. The minimum atomic E-state index is -0.570. The van der Waals surface area contributed by atoms with Crippen molar-refractivity contribution in [2.75, 3.05) is 32.1 Å². The van der Waals surface area contributed by atoms with E-state index in [9.17, 15) is 5.26 Å². The third-order valence-electron chi connectivity index (χ3n) is 10.3. The van der Waals surface area contributed by atoms with Crippen molar-refractivity contribution in [2.45, 2.75) is 78.2 Å². The molecule has 5 aliphatic rings. The molecule has 0 radical (unpaired) electrons. The van der Waals surface area contributed by atoms with Gasteiger partial charge in [0.15, 0.2) is 5.82 Å². The predicted octanol–water partition coefficient (Wildman–Crippen LogP) is 6.62. The Hall–Kier alpha value is -3.30. The van der Waals surface area contributed by atoms with Crippen LogP contribution < -0.4 is 10.5 Å². The molecule has 1 aromatic carbocycles. The summed E-state index contributed by atoms with van der Waals surface area (Å²) >= 11 is 1.22. The number of rotatable bonds is 9. The van der Waals surface area contributed by atoms with Crippen molar-refractivity contribution in [1.82, 2.24) is 14.9 Å². The van der Waals surface area contributed by atoms with E-state index in [1.54, 1.807) is 13.1 Å². The normalized spacial score (nSPS) is 24.7. The molecule has 1 aromatic heterocycles. The van der Waals surface area contributed by atoms with Crippen molar-refractivity contribution in [3.63, 3.8) is 0 Å². The zero-order valence-corrected chi connectivity index (χ0v) is 27.4. The van der Waals surface area contributed by atoms with Crippen molar-refractivity contribution >= 4 is 28.2 Å². The number of benzene rings is 1. The number of morpholine rings is 1. The molecule has 11 heteroatoms. The summed E-state index contributed by atoms with van der Waals surface area (Å²) in [5, 5.41) is 10.8. The Morgan fingerprint density at radius 3 is 2.65 bits per heavy atom. The van der Waals surface area contributed by atoms with E-state index in [-0.39, 0.29) is 52.0 Å². The summed E-state index contributed by atoms with van der Waals surface area (Å²) in [4.78, 5) is 12.0. The van der Waals surface area contributed by atoms with Crippen LogP contribution in [-0.2, 0) is 22.7 Å². The maximum atomic E-state index is 17.1. The molecule has 46 heavy (non-hydrogen) atoms. The van der Waals surface area contributed by atoms with Gasteiger partial charge in [0.05, 0.1) is 43.5 Å². The van der Waals surface area contributed by atoms with E-state index in [1.165, 1.54) is 30.7 Å². The van der Waals surface area contributed by atoms with Crippen LogP contribution in [0.4, 0.5) is 8.78 Å². The van der Waals surface area contributed by atoms with Gasteiger partial charge in [-0.05, 0) is 62.7 Å². The lowest BCUT2D eigenvalue weighted by Crippen LogP contribution is -2.49. The summed E-state index contributed by atoms with van der Waals surface area (Å²) in [6.45, 7) is 8.88. The molecular weight excluding hydrogens is 608 g/mol. The smallest absolute Gasteiger partial charge is 0.317 e. The van der Waals surface area contributed by atoms with Crippen LogP contribution in [0.5, 0.6) is 6.01 Å². The molecule has 5 heterocycles. The summed E-state index contributed by atoms with van der Waals surface area (Å²) in [7, 11) is 0. The highest BCUT2D eigenvalue weighted by molar-refractivity contribution is 8.03. The monoisotopic (exact) mass is 647 g/mol. The van der Waals surface area contributed by atoms with Gasteiger partial charge < -0.3 is 19.9 Å². The minimum Gasteiger partial charge on any atom is -0.463 e. The molecule has 2 unspecified atom stereocenters. The fraction of sp³-hybridized carbons (Fsp3) is 0.514. The van der Waals surface area contributed by atoms with Crippen molar-refractivity contribution < 1.29 is 23.0 Å². The number of thioether (sulfide) groups is 1. The lowest BCUT2D eigenvalue weighted by atomic mass is 9.83. The molecule has 1 saturated carbocycles. The first-order chi connectivity index (χ1) is 22.3. The SMILES string of the molecule is C/C=C(/F)C1=C(C(=C(C)CC)c2c3c(c4cnc(OCC5(CN6C7CCC6COC7)CC5)nc4c2F)COC3)C(C#N)=C(N)CS1. The molecule has 1 aliphatic carbocycles. The van der Waals surface area contributed by atoms with Crippen LogP contribution in [0.25, 0.3) is 16.5 Å². The number of nitrogens with two attached hydrogens (primary N) is 1. The summed E-state index contributed by atoms with van der Waals surface area (Å²) in [6, 6.07) is 3.28.